The molecule has 94 valence electrons. The van der Waals surface area contributed by atoms with E-state index in [2.05, 4.69) is 64.3 Å². The van der Waals surface area contributed by atoms with Crippen molar-refractivity contribution in [3.05, 3.63) is 28.7 Å². The molecule has 0 aromatic heterocycles. The molecule has 17 heavy (non-hydrogen) atoms. The van der Waals surface area contributed by atoms with Crippen LogP contribution in [0.15, 0.2) is 28.7 Å². The monoisotopic (exact) mass is 296 g/mol. The van der Waals surface area contributed by atoms with Crippen LogP contribution in [-0.2, 0) is 0 Å². The first-order chi connectivity index (χ1) is 8.09. The van der Waals surface area contributed by atoms with Crippen molar-refractivity contribution >= 4 is 21.6 Å². The van der Waals surface area contributed by atoms with E-state index in [1.165, 1.54) is 18.5 Å². The summed E-state index contributed by atoms with van der Waals surface area (Å²) in [6.45, 7) is 8.02. The minimum Gasteiger partial charge on any atom is -0.366 e. The first-order valence-corrected chi connectivity index (χ1v) is 7.13. The Morgan fingerprint density at radius 3 is 2.88 bits per heavy atom. The Hall–Kier alpha value is -0.540. The third-order valence-corrected chi connectivity index (χ3v) is 3.99. The molecule has 1 N–H and O–H groups in total. The van der Waals surface area contributed by atoms with Gasteiger partial charge in [-0.25, -0.2) is 0 Å². The second-order valence-electron chi connectivity index (χ2n) is 5.30. The molecule has 0 bridgehead atoms. The first-order valence-electron chi connectivity index (χ1n) is 6.33. The van der Waals surface area contributed by atoms with Crippen LogP contribution in [0.5, 0.6) is 0 Å². The number of nitrogens with one attached hydrogen (secondary N) is 1. The summed E-state index contributed by atoms with van der Waals surface area (Å²) in [4.78, 5) is 2.54. The predicted molar refractivity (Wildman–Crippen MR) is 77.7 cm³/mol. The van der Waals surface area contributed by atoms with Crippen molar-refractivity contribution in [3.8, 4) is 0 Å². The zero-order valence-corrected chi connectivity index (χ0v) is 12.3. The average Bonchev–Trinajstić information content (AvgIpc) is 2.25. The molecule has 0 atom stereocenters. The number of benzene rings is 1. The van der Waals surface area contributed by atoms with Crippen LogP contribution < -0.4 is 10.2 Å². The third-order valence-electron chi connectivity index (χ3n) is 3.50. The highest BCUT2D eigenvalue weighted by Gasteiger charge is 2.27. The van der Waals surface area contributed by atoms with Crippen LogP contribution in [0, 0.1) is 0 Å². The zero-order chi connectivity index (χ0) is 12.3. The Morgan fingerprint density at radius 2 is 2.12 bits per heavy atom. The molecule has 0 aliphatic carbocycles. The number of hydrogen-bond acceptors (Lipinski definition) is 2. The zero-order valence-electron chi connectivity index (χ0n) is 10.7. The Kier molecular flexibility index (Phi) is 4.10. The molecule has 2 rings (SSSR count). The molecule has 1 aromatic carbocycles. The Morgan fingerprint density at radius 1 is 1.29 bits per heavy atom. The Bertz CT molecular complexity index is 376. The molecule has 1 fully saturated rings. The first kappa shape index (κ1) is 12.9. The summed E-state index contributed by atoms with van der Waals surface area (Å²) in [5.41, 5.74) is 1.54. The molecule has 0 unspecified atom stereocenters. The van der Waals surface area contributed by atoms with Crippen molar-refractivity contribution in [1.82, 2.24) is 5.32 Å². The second-order valence-corrected chi connectivity index (χ2v) is 6.21. The van der Waals surface area contributed by atoms with Gasteiger partial charge in [-0.15, -0.1) is 0 Å². The van der Waals surface area contributed by atoms with Gasteiger partial charge >= 0.3 is 0 Å². The summed E-state index contributed by atoms with van der Waals surface area (Å²) < 4.78 is 1.16. The lowest BCUT2D eigenvalue weighted by atomic mass is 9.95. The molecule has 2 nitrogen and oxygen atoms in total. The lowest BCUT2D eigenvalue weighted by Crippen LogP contribution is -2.48. The smallest absolute Gasteiger partial charge is 0.0381 e. The van der Waals surface area contributed by atoms with E-state index in [1.54, 1.807) is 0 Å². The average molecular weight is 297 g/mol. The van der Waals surface area contributed by atoms with E-state index in [9.17, 15) is 0 Å². The standard InChI is InChI=1S/C14H21BrN2/c1-14(2)7-9-16-8-4-10-17(14)13-6-3-5-12(15)11-13/h3,5-6,11,16H,4,7-10H2,1-2H3. The molecule has 1 aliphatic heterocycles. The highest BCUT2D eigenvalue weighted by Crippen LogP contribution is 2.29. The molecule has 0 amide bonds. The number of hydrogen-bond donors (Lipinski definition) is 1. The number of anilines is 1. The molecule has 1 aliphatic rings. The maximum atomic E-state index is 3.56. The molecule has 0 saturated carbocycles. The van der Waals surface area contributed by atoms with Crippen molar-refractivity contribution in [3.63, 3.8) is 0 Å². The van der Waals surface area contributed by atoms with Crippen LogP contribution in [0.25, 0.3) is 0 Å². The largest absolute Gasteiger partial charge is 0.366 e. The molecule has 1 heterocycles. The van der Waals surface area contributed by atoms with Crippen LogP contribution in [0.1, 0.15) is 26.7 Å². The summed E-state index contributed by atoms with van der Waals surface area (Å²) in [5.74, 6) is 0. The van der Waals surface area contributed by atoms with Gasteiger partial charge in [-0.05, 0) is 58.0 Å². The fraction of sp³-hybridized carbons (Fsp3) is 0.571. The molecule has 1 aromatic rings. The van der Waals surface area contributed by atoms with Crippen LogP contribution in [0.2, 0.25) is 0 Å². The van der Waals surface area contributed by atoms with Gasteiger partial charge in [-0.2, -0.15) is 0 Å². The van der Waals surface area contributed by atoms with Crippen LogP contribution >= 0.6 is 15.9 Å². The van der Waals surface area contributed by atoms with E-state index in [1.807, 2.05) is 0 Å². The van der Waals surface area contributed by atoms with Crippen LogP contribution in [0.3, 0.4) is 0 Å². The summed E-state index contributed by atoms with van der Waals surface area (Å²) in [6, 6.07) is 8.63. The quantitative estimate of drug-likeness (QED) is 0.854. The van der Waals surface area contributed by atoms with Gasteiger partial charge in [0.1, 0.15) is 0 Å². The number of nitrogens with zero attached hydrogens (tertiary/aromatic N) is 1. The van der Waals surface area contributed by atoms with Crippen molar-refractivity contribution < 1.29 is 0 Å². The fourth-order valence-electron chi connectivity index (χ4n) is 2.44. The summed E-state index contributed by atoms with van der Waals surface area (Å²) in [7, 11) is 0. The van der Waals surface area contributed by atoms with E-state index >= 15 is 0 Å². The third kappa shape index (κ3) is 3.23. The molecule has 0 spiro atoms. The lowest BCUT2D eigenvalue weighted by Gasteiger charge is -2.42. The van der Waals surface area contributed by atoms with Crippen molar-refractivity contribution in [2.45, 2.75) is 32.2 Å². The van der Waals surface area contributed by atoms with Crippen molar-refractivity contribution in [2.75, 3.05) is 24.5 Å². The lowest BCUT2D eigenvalue weighted by molar-refractivity contribution is 0.387. The van der Waals surface area contributed by atoms with E-state index in [4.69, 9.17) is 0 Å². The maximum Gasteiger partial charge on any atom is 0.0381 e. The minimum absolute atomic E-state index is 0.216. The van der Waals surface area contributed by atoms with Gasteiger partial charge in [0.25, 0.3) is 0 Å². The van der Waals surface area contributed by atoms with E-state index in [0.29, 0.717) is 0 Å². The summed E-state index contributed by atoms with van der Waals surface area (Å²) in [6.07, 6.45) is 2.38. The molecule has 1 saturated heterocycles. The Labute approximate surface area is 113 Å². The highest BCUT2D eigenvalue weighted by molar-refractivity contribution is 9.10. The second kappa shape index (κ2) is 5.40. The predicted octanol–water partition coefficient (Wildman–Crippen LogP) is 3.42. The number of rotatable bonds is 1. The van der Waals surface area contributed by atoms with Crippen molar-refractivity contribution in [2.24, 2.45) is 0 Å². The van der Waals surface area contributed by atoms with Gasteiger partial charge in [-0.1, -0.05) is 22.0 Å². The Balaban J connectivity index is 2.26. The number of halogens is 1. The van der Waals surface area contributed by atoms with Gasteiger partial charge in [0.15, 0.2) is 0 Å². The summed E-state index contributed by atoms with van der Waals surface area (Å²) in [5, 5.41) is 3.49. The van der Waals surface area contributed by atoms with Gasteiger partial charge in [0.05, 0.1) is 0 Å². The van der Waals surface area contributed by atoms with E-state index in [-0.39, 0.29) is 5.54 Å². The summed E-state index contributed by atoms with van der Waals surface area (Å²) >= 11 is 3.56. The highest BCUT2D eigenvalue weighted by atomic mass is 79.9. The normalized spacial score (nSPS) is 20.8. The molecular weight excluding hydrogens is 276 g/mol. The fourth-order valence-corrected chi connectivity index (χ4v) is 2.83. The molecule has 0 radical (unpaired) electrons. The van der Waals surface area contributed by atoms with Crippen LogP contribution in [-0.4, -0.2) is 25.2 Å². The van der Waals surface area contributed by atoms with Gasteiger partial charge in [0.2, 0.25) is 0 Å². The molecular formula is C14H21BrN2. The maximum absolute atomic E-state index is 3.56. The minimum atomic E-state index is 0.216. The van der Waals surface area contributed by atoms with Crippen LogP contribution in [0.4, 0.5) is 5.69 Å². The SMILES string of the molecule is CC1(C)CCNCCCN1c1cccc(Br)c1. The van der Waals surface area contributed by atoms with Gasteiger partial charge in [0, 0.05) is 22.2 Å². The van der Waals surface area contributed by atoms with E-state index in [0.717, 1.165) is 24.1 Å². The topological polar surface area (TPSA) is 15.3 Å². The van der Waals surface area contributed by atoms with E-state index < -0.39 is 0 Å². The van der Waals surface area contributed by atoms with Gasteiger partial charge < -0.3 is 10.2 Å². The molecule has 3 heteroatoms. The van der Waals surface area contributed by atoms with Crippen molar-refractivity contribution in [1.29, 1.82) is 0 Å². The van der Waals surface area contributed by atoms with Gasteiger partial charge in [-0.3, -0.25) is 0 Å².